The Morgan fingerprint density at radius 1 is 1.17 bits per heavy atom. The molecular weight excluding hydrogens is 416 g/mol. The van der Waals surface area contributed by atoms with Gasteiger partial charge in [0.2, 0.25) is 15.8 Å². The Bertz CT molecular complexity index is 1160. The van der Waals surface area contributed by atoms with E-state index < -0.39 is 22.1 Å². The normalized spacial score (nSPS) is 12.6. The summed E-state index contributed by atoms with van der Waals surface area (Å²) in [5, 5.41) is 1.03. The number of rotatable bonds is 8. The quantitative estimate of drug-likeness (QED) is 0.418. The molecule has 0 bridgehead atoms. The molecule has 0 aliphatic rings. The molecule has 152 valence electrons. The lowest BCUT2D eigenvalue weighted by atomic mass is 10.1. The van der Waals surface area contributed by atoms with Gasteiger partial charge in [-0.3, -0.25) is 9.59 Å². The van der Waals surface area contributed by atoms with E-state index in [2.05, 4.69) is 9.71 Å². The fraction of sp³-hybridized carbons (Fsp3) is 0.200. The lowest BCUT2D eigenvalue weighted by molar-refractivity contribution is -0.146. The van der Waals surface area contributed by atoms with Crippen LogP contribution in [0.2, 0.25) is 5.02 Å². The Morgan fingerprint density at radius 3 is 2.69 bits per heavy atom. The fourth-order valence-electron chi connectivity index (χ4n) is 2.81. The number of para-hydroxylation sites is 1. The SMILES string of the molecule is C[C@H](OC(=O)CCNS(=O)(=O)c1cccc(Cl)c1)C(=O)c1c[nH]c2ccccc12. The monoisotopic (exact) mass is 434 g/mol. The van der Waals surface area contributed by atoms with Crippen LogP contribution in [-0.2, 0) is 19.6 Å². The van der Waals surface area contributed by atoms with Crippen molar-refractivity contribution in [2.24, 2.45) is 0 Å². The highest BCUT2D eigenvalue weighted by molar-refractivity contribution is 7.89. The number of carbonyl (C=O) groups is 2. The minimum atomic E-state index is -3.80. The van der Waals surface area contributed by atoms with Crippen LogP contribution in [0, 0.1) is 0 Å². The molecule has 29 heavy (non-hydrogen) atoms. The molecule has 1 atom stereocenters. The van der Waals surface area contributed by atoms with Crippen molar-refractivity contribution in [3.05, 3.63) is 65.3 Å². The van der Waals surface area contributed by atoms with E-state index in [1.807, 2.05) is 18.2 Å². The van der Waals surface area contributed by atoms with Crippen LogP contribution in [-0.4, -0.2) is 37.8 Å². The summed E-state index contributed by atoms with van der Waals surface area (Å²) >= 11 is 5.80. The number of benzene rings is 2. The highest BCUT2D eigenvalue weighted by atomic mass is 35.5. The van der Waals surface area contributed by atoms with E-state index in [9.17, 15) is 18.0 Å². The molecule has 1 aromatic heterocycles. The Morgan fingerprint density at radius 2 is 1.93 bits per heavy atom. The number of H-pyrrole nitrogens is 1. The maximum absolute atomic E-state index is 12.6. The molecule has 0 saturated carbocycles. The molecule has 2 N–H and O–H groups in total. The highest BCUT2D eigenvalue weighted by Crippen LogP contribution is 2.20. The Hall–Kier alpha value is -2.68. The van der Waals surface area contributed by atoms with E-state index in [4.69, 9.17) is 16.3 Å². The van der Waals surface area contributed by atoms with Gasteiger partial charge < -0.3 is 9.72 Å². The summed E-state index contributed by atoms with van der Waals surface area (Å²) in [5.74, 6) is -1.02. The van der Waals surface area contributed by atoms with Crippen molar-refractivity contribution in [1.82, 2.24) is 9.71 Å². The van der Waals surface area contributed by atoms with Crippen LogP contribution in [0.15, 0.2) is 59.6 Å². The van der Waals surface area contributed by atoms with Crippen molar-refractivity contribution in [1.29, 1.82) is 0 Å². The van der Waals surface area contributed by atoms with E-state index in [0.717, 1.165) is 10.9 Å². The second kappa shape index (κ2) is 8.77. The molecule has 0 aliphatic heterocycles. The van der Waals surface area contributed by atoms with Gasteiger partial charge >= 0.3 is 5.97 Å². The van der Waals surface area contributed by atoms with E-state index in [1.165, 1.54) is 25.1 Å². The van der Waals surface area contributed by atoms with E-state index in [0.29, 0.717) is 5.56 Å². The van der Waals surface area contributed by atoms with Gasteiger partial charge in [0.15, 0.2) is 6.10 Å². The maximum Gasteiger partial charge on any atom is 0.307 e. The molecule has 0 fully saturated rings. The lowest BCUT2D eigenvalue weighted by Gasteiger charge is -2.12. The molecule has 2 aromatic carbocycles. The van der Waals surface area contributed by atoms with E-state index >= 15 is 0 Å². The summed E-state index contributed by atoms with van der Waals surface area (Å²) in [7, 11) is -3.80. The number of hydrogen-bond acceptors (Lipinski definition) is 5. The molecule has 0 spiro atoms. The number of hydrogen-bond donors (Lipinski definition) is 2. The minimum absolute atomic E-state index is 0.00116. The standard InChI is InChI=1S/C20H19ClN2O5S/c1-13(20(25)17-12-22-18-8-3-2-7-16(17)18)28-19(24)9-10-23-29(26,27)15-6-4-5-14(21)11-15/h2-8,11-13,22-23H,9-10H2,1H3/t13-/m0/s1. The lowest BCUT2D eigenvalue weighted by Crippen LogP contribution is -2.29. The first kappa shape index (κ1) is 21.0. The van der Waals surface area contributed by atoms with Crippen molar-refractivity contribution in [3.8, 4) is 0 Å². The molecule has 7 nitrogen and oxygen atoms in total. The van der Waals surface area contributed by atoms with Gasteiger partial charge in [-0.15, -0.1) is 0 Å². The third-order valence-corrected chi connectivity index (χ3v) is 5.95. The van der Waals surface area contributed by atoms with Gasteiger partial charge in [-0.25, -0.2) is 13.1 Å². The molecule has 0 saturated heterocycles. The number of esters is 1. The first-order chi connectivity index (χ1) is 13.8. The summed E-state index contributed by atoms with van der Waals surface area (Å²) in [5.41, 5.74) is 1.24. The zero-order chi connectivity index (χ0) is 21.0. The van der Waals surface area contributed by atoms with Crippen LogP contribution >= 0.6 is 11.6 Å². The van der Waals surface area contributed by atoms with Crippen molar-refractivity contribution >= 4 is 44.3 Å². The molecule has 9 heteroatoms. The smallest absolute Gasteiger partial charge is 0.307 e. The molecule has 1 heterocycles. The number of ether oxygens (including phenoxy) is 1. The summed E-state index contributed by atoms with van der Waals surface area (Å²) in [4.78, 5) is 27.6. The van der Waals surface area contributed by atoms with Crippen molar-refractivity contribution in [2.75, 3.05) is 6.54 Å². The highest BCUT2D eigenvalue weighted by Gasteiger charge is 2.22. The molecular formula is C20H19ClN2O5S. The van der Waals surface area contributed by atoms with Crippen LogP contribution in [0.5, 0.6) is 0 Å². The van der Waals surface area contributed by atoms with E-state index in [1.54, 1.807) is 18.3 Å². The number of fused-ring (bicyclic) bond motifs is 1. The van der Waals surface area contributed by atoms with Crippen molar-refractivity contribution in [3.63, 3.8) is 0 Å². The van der Waals surface area contributed by atoms with Gasteiger partial charge in [0.1, 0.15) is 0 Å². The maximum atomic E-state index is 12.6. The number of aromatic nitrogens is 1. The molecule has 0 radical (unpaired) electrons. The number of aromatic amines is 1. The number of Topliss-reactive ketones (excluding diaryl/α,β-unsaturated/α-hetero) is 1. The number of ketones is 1. The summed E-state index contributed by atoms with van der Waals surface area (Å²) in [6.07, 6.45) is 0.369. The van der Waals surface area contributed by atoms with Crippen LogP contribution < -0.4 is 4.72 Å². The second-order valence-electron chi connectivity index (χ2n) is 6.35. The number of nitrogens with one attached hydrogen (secondary N) is 2. The van der Waals surface area contributed by atoms with Gasteiger partial charge in [-0.05, 0) is 31.2 Å². The third-order valence-electron chi connectivity index (χ3n) is 4.26. The number of sulfonamides is 1. The first-order valence-electron chi connectivity index (χ1n) is 8.83. The molecule has 0 unspecified atom stereocenters. The average Bonchev–Trinajstić information content (AvgIpc) is 3.11. The van der Waals surface area contributed by atoms with Gasteiger partial charge in [-0.1, -0.05) is 35.9 Å². The average molecular weight is 435 g/mol. The summed E-state index contributed by atoms with van der Waals surface area (Å²) in [6, 6.07) is 13.1. The molecule has 0 amide bonds. The predicted molar refractivity (Wildman–Crippen MR) is 109 cm³/mol. The Balaban J connectivity index is 1.54. The summed E-state index contributed by atoms with van der Waals surface area (Å²) in [6.45, 7) is 1.32. The number of carbonyl (C=O) groups excluding carboxylic acids is 2. The van der Waals surface area contributed by atoms with E-state index in [-0.39, 0.29) is 28.7 Å². The predicted octanol–water partition coefficient (Wildman–Crippen LogP) is 3.30. The zero-order valence-electron chi connectivity index (χ0n) is 15.5. The first-order valence-corrected chi connectivity index (χ1v) is 10.7. The molecule has 0 aliphatic carbocycles. The zero-order valence-corrected chi connectivity index (χ0v) is 17.1. The number of halogens is 1. The van der Waals surface area contributed by atoms with Crippen LogP contribution in [0.25, 0.3) is 10.9 Å². The topological polar surface area (TPSA) is 105 Å². The largest absolute Gasteiger partial charge is 0.454 e. The van der Waals surface area contributed by atoms with Crippen LogP contribution in [0.3, 0.4) is 0 Å². The van der Waals surface area contributed by atoms with Crippen LogP contribution in [0.4, 0.5) is 0 Å². The second-order valence-corrected chi connectivity index (χ2v) is 8.55. The molecule has 3 rings (SSSR count). The van der Waals surface area contributed by atoms with Gasteiger partial charge in [0, 0.05) is 34.2 Å². The van der Waals surface area contributed by atoms with Crippen molar-refractivity contribution < 1.29 is 22.7 Å². The Kier molecular flexibility index (Phi) is 6.36. The fourth-order valence-corrected chi connectivity index (χ4v) is 4.14. The van der Waals surface area contributed by atoms with Gasteiger partial charge in [0.05, 0.1) is 11.3 Å². The van der Waals surface area contributed by atoms with Crippen molar-refractivity contribution in [2.45, 2.75) is 24.3 Å². The third kappa shape index (κ3) is 5.03. The molecule has 3 aromatic rings. The van der Waals surface area contributed by atoms with Crippen LogP contribution in [0.1, 0.15) is 23.7 Å². The minimum Gasteiger partial charge on any atom is -0.454 e. The van der Waals surface area contributed by atoms with Gasteiger partial charge in [0.25, 0.3) is 0 Å². The summed E-state index contributed by atoms with van der Waals surface area (Å²) < 4.78 is 31.9. The Labute approximate surface area is 173 Å². The van der Waals surface area contributed by atoms with Gasteiger partial charge in [-0.2, -0.15) is 0 Å².